The quantitative estimate of drug-likeness (QED) is 0.812. The highest BCUT2D eigenvalue weighted by Crippen LogP contribution is 2.44. The van der Waals surface area contributed by atoms with Crippen LogP contribution in [0, 0.1) is 18.8 Å². The first-order valence-electron chi connectivity index (χ1n) is 10.9. The molecular weight excluding hydrogens is 336 g/mol. The molecule has 1 amide bonds. The van der Waals surface area contributed by atoms with Crippen LogP contribution in [0.5, 0.6) is 0 Å². The number of amides is 1. The number of hydrogen-bond donors (Lipinski definition) is 0. The third kappa shape index (κ3) is 3.43. The molecule has 150 valence electrons. The second-order valence-electron chi connectivity index (χ2n) is 9.86. The molecule has 5 nitrogen and oxygen atoms in total. The lowest BCUT2D eigenvalue weighted by atomic mass is 9.72. The molecule has 3 heterocycles. The third-order valence-electron chi connectivity index (χ3n) is 6.71. The van der Waals surface area contributed by atoms with Crippen LogP contribution in [0.2, 0.25) is 0 Å². The predicted molar refractivity (Wildman–Crippen MR) is 108 cm³/mol. The second-order valence-corrected chi connectivity index (χ2v) is 9.86. The van der Waals surface area contributed by atoms with E-state index in [0.29, 0.717) is 23.8 Å². The van der Waals surface area contributed by atoms with E-state index in [4.69, 9.17) is 4.98 Å². The summed E-state index contributed by atoms with van der Waals surface area (Å²) in [5, 5.41) is 0. The minimum atomic E-state index is 0.0521. The molecule has 0 bridgehead atoms. The average molecular weight is 373 g/mol. The van der Waals surface area contributed by atoms with Crippen molar-refractivity contribution in [1.82, 2.24) is 19.4 Å². The monoisotopic (exact) mass is 372 g/mol. The topological polar surface area (TPSA) is 41.4 Å². The van der Waals surface area contributed by atoms with Gasteiger partial charge in [-0.25, -0.2) is 4.98 Å². The van der Waals surface area contributed by atoms with Crippen molar-refractivity contribution in [3.63, 3.8) is 0 Å². The van der Waals surface area contributed by atoms with Crippen molar-refractivity contribution in [2.45, 2.75) is 78.3 Å². The van der Waals surface area contributed by atoms with Gasteiger partial charge in [-0.2, -0.15) is 0 Å². The van der Waals surface area contributed by atoms with Gasteiger partial charge in [0.05, 0.1) is 17.9 Å². The number of rotatable bonds is 4. The summed E-state index contributed by atoms with van der Waals surface area (Å²) < 4.78 is 2.38. The molecule has 0 N–H and O–H groups in total. The van der Waals surface area contributed by atoms with Crippen LogP contribution in [-0.2, 0) is 16.8 Å². The Bertz CT molecular complexity index is 708. The molecule has 1 saturated carbocycles. The number of carbonyl (C=O) groups excluding carboxylic acids is 1. The van der Waals surface area contributed by atoms with E-state index in [2.05, 4.69) is 49.0 Å². The first kappa shape index (κ1) is 19.0. The van der Waals surface area contributed by atoms with Gasteiger partial charge in [0.15, 0.2) is 0 Å². The van der Waals surface area contributed by atoms with Crippen LogP contribution in [0.4, 0.5) is 0 Å². The number of hydrogen-bond acceptors (Lipinski definition) is 3. The fraction of sp³-hybridized carbons (Fsp3) is 0.818. The zero-order valence-corrected chi connectivity index (χ0v) is 17.8. The van der Waals surface area contributed by atoms with E-state index in [9.17, 15) is 4.79 Å². The first-order valence-corrected chi connectivity index (χ1v) is 10.9. The van der Waals surface area contributed by atoms with Gasteiger partial charge in [0, 0.05) is 30.5 Å². The maximum Gasteiger partial charge on any atom is 0.226 e. The van der Waals surface area contributed by atoms with Gasteiger partial charge in [0.1, 0.15) is 5.82 Å². The van der Waals surface area contributed by atoms with E-state index in [1.165, 1.54) is 17.9 Å². The fourth-order valence-corrected chi connectivity index (χ4v) is 5.35. The molecule has 5 heteroatoms. The van der Waals surface area contributed by atoms with Crippen LogP contribution in [-0.4, -0.2) is 51.4 Å². The maximum atomic E-state index is 13.0. The second kappa shape index (κ2) is 6.91. The van der Waals surface area contributed by atoms with Crippen molar-refractivity contribution < 1.29 is 4.79 Å². The maximum absolute atomic E-state index is 13.0. The van der Waals surface area contributed by atoms with Crippen molar-refractivity contribution >= 4 is 5.91 Å². The van der Waals surface area contributed by atoms with Crippen LogP contribution in [0.25, 0.3) is 0 Å². The molecule has 0 radical (unpaired) electrons. The van der Waals surface area contributed by atoms with Gasteiger partial charge in [-0.3, -0.25) is 4.79 Å². The standard InChI is InChI=1S/C22H36N4O/c1-15(2)12-24-10-8-22(9-11-24)14-25(21(27)18-6-7-18)13-19-20(22)23-17(5)26(19)16(3)4/h15-16,18H,6-14H2,1-5H3. The summed E-state index contributed by atoms with van der Waals surface area (Å²) in [6, 6.07) is 0.385. The van der Waals surface area contributed by atoms with Gasteiger partial charge >= 0.3 is 0 Å². The van der Waals surface area contributed by atoms with Crippen LogP contribution >= 0.6 is 0 Å². The van der Waals surface area contributed by atoms with Crippen molar-refractivity contribution in [3.8, 4) is 0 Å². The number of piperidine rings is 1. The number of aromatic nitrogens is 2. The van der Waals surface area contributed by atoms with E-state index in [1.807, 2.05) is 0 Å². The lowest BCUT2D eigenvalue weighted by Crippen LogP contribution is -2.54. The zero-order valence-electron chi connectivity index (χ0n) is 17.8. The Labute approximate surface area is 164 Å². The Kier molecular flexibility index (Phi) is 4.86. The summed E-state index contributed by atoms with van der Waals surface area (Å²) in [5.74, 6) is 2.50. The predicted octanol–water partition coefficient (Wildman–Crippen LogP) is 3.51. The Morgan fingerprint density at radius 3 is 2.41 bits per heavy atom. The molecule has 1 aromatic heterocycles. The smallest absolute Gasteiger partial charge is 0.226 e. The number of likely N-dealkylation sites (tertiary alicyclic amines) is 1. The molecule has 1 spiro atoms. The first-order chi connectivity index (χ1) is 12.8. The molecule has 0 unspecified atom stereocenters. The molecule has 1 aliphatic carbocycles. The Morgan fingerprint density at radius 1 is 1.19 bits per heavy atom. The van der Waals surface area contributed by atoms with E-state index < -0.39 is 0 Å². The summed E-state index contributed by atoms with van der Waals surface area (Å²) in [4.78, 5) is 22.9. The summed E-state index contributed by atoms with van der Waals surface area (Å²) in [6.07, 6.45) is 4.41. The number of fused-ring (bicyclic) bond motifs is 2. The van der Waals surface area contributed by atoms with Gasteiger partial charge in [-0.15, -0.1) is 0 Å². The minimum absolute atomic E-state index is 0.0521. The lowest BCUT2D eigenvalue weighted by Gasteiger charge is -2.47. The van der Waals surface area contributed by atoms with E-state index >= 15 is 0 Å². The summed E-state index contributed by atoms with van der Waals surface area (Å²) in [5.41, 5.74) is 2.66. The number of imidazole rings is 1. The van der Waals surface area contributed by atoms with Gasteiger partial charge in [-0.05, 0) is 65.5 Å². The van der Waals surface area contributed by atoms with Gasteiger partial charge in [0.2, 0.25) is 5.91 Å². The molecule has 0 atom stereocenters. The number of nitrogens with zero attached hydrogens (tertiary/aromatic N) is 4. The van der Waals surface area contributed by atoms with Crippen molar-refractivity contribution in [3.05, 3.63) is 17.2 Å². The SMILES string of the molecule is Cc1nc2c(n1C(C)C)CN(C(=O)C1CC1)CC21CCN(CC(C)C)CC1. The van der Waals surface area contributed by atoms with Crippen LogP contribution < -0.4 is 0 Å². The van der Waals surface area contributed by atoms with Gasteiger partial charge < -0.3 is 14.4 Å². The van der Waals surface area contributed by atoms with E-state index in [-0.39, 0.29) is 5.41 Å². The van der Waals surface area contributed by atoms with Crippen LogP contribution in [0.15, 0.2) is 0 Å². The number of aryl methyl sites for hydroxylation is 1. The molecule has 3 aliphatic rings. The minimum Gasteiger partial charge on any atom is -0.336 e. The largest absolute Gasteiger partial charge is 0.336 e. The van der Waals surface area contributed by atoms with E-state index in [0.717, 1.165) is 57.7 Å². The van der Waals surface area contributed by atoms with Crippen molar-refractivity contribution in [2.24, 2.45) is 11.8 Å². The molecule has 27 heavy (non-hydrogen) atoms. The van der Waals surface area contributed by atoms with Crippen LogP contribution in [0.3, 0.4) is 0 Å². The molecular formula is C22H36N4O. The highest BCUT2D eigenvalue weighted by Gasteiger charge is 2.48. The molecule has 2 aliphatic heterocycles. The molecule has 0 aromatic carbocycles. The molecule has 1 saturated heterocycles. The van der Waals surface area contributed by atoms with E-state index in [1.54, 1.807) is 0 Å². The lowest BCUT2D eigenvalue weighted by molar-refractivity contribution is -0.135. The van der Waals surface area contributed by atoms with Gasteiger partial charge in [-0.1, -0.05) is 13.8 Å². The van der Waals surface area contributed by atoms with Gasteiger partial charge in [0.25, 0.3) is 0 Å². The Balaban J connectivity index is 1.67. The highest BCUT2D eigenvalue weighted by molar-refractivity contribution is 5.81. The Hall–Kier alpha value is -1.36. The normalized spacial score (nSPS) is 22.7. The number of carbonyl (C=O) groups is 1. The van der Waals surface area contributed by atoms with Crippen molar-refractivity contribution in [2.75, 3.05) is 26.2 Å². The van der Waals surface area contributed by atoms with Crippen molar-refractivity contribution in [1.29, 1.82) is 0 Å². The molecule has 2 fully saturated rings. The summed E-state index contributed by atoms with van der Waals surface area (Å²) in [6.45, 7) is 16.2. The molecule has 1 aromatic rings. The average Bonchev–Trinajstić information content (AvgIpc) is 3.38. The van der Waals surface area contributed by atoms with Crippen LogP contribution in [0.1, 0.15) is 76.6 Å². The zero-order chi connectivity index (χ0) is 19.3. The highest BCUT2D eigenvalue weighted by atomic mass is 16.2. The summed E-state index contributed by atoms with van der Waals surface area (Å²) >= 11 is 0. The molecule has 4 rings (SSSR count). The fourth-order valence-electron chi connectivity index (χ4n) is 5.35. The third-order valence-corrected chi connectivity index (χ3v) is 6.71. The Morgan fingerprint density at radius 2 is 1.85 bits per heavy atom. The summed E-state index contributed by atoms with van der Waals surface area (Å²) in [7, 11) is 0.